The van der Waals surface area contributed by atoms with E-state index < -0.39 is 42.1 Å². The molecule has 4 aliphatic rings. The van der Waals surface area contributed by atoms with E-state index in [1.54, 1.807) is 24.3 Å². The molecule has 2 aliphatic heterocycles. The molecule has 0 spiro atoms. The lowest BCUT2D eigenvalue weighted by atomic mass is 9.75. The average Bonchev–Trinajstić information content (AvgIpc) is 3.49. The Morgan fingerprint density at radius 3 is 2.53 bits per heavy atom. The highest BCUT2D eigenvalue weighted by Gasteiger charge is 2.54. The van der Waals surface area contributed by atoms with Gasteiger partial charge in [0.15, 0.2) is 5.67 Å². The predicted molar refractivity (Wildman–Crippen MR) is 152 cm³/mol. The molecule has 0 aromatic heterocycles. The van der Waals surface area contributed by atoms with Crippen LogP contribution in [0.1, 0.15) is 65.6 Å². The van der Waals surface area contributed by atoms with Crippen molar-refractivity contribution in [1.29, 1.82) is 0 Å². The van der Waals surface area contributed by atoms with E-state index in [0.717, 1.165) is 30.9 Å². The Labute approximate surface area is 246 Å². The van der Waals surface area contributed by atoms with Gasteiger partial charge < -0.3 is 10.2 Å². The third-order valence-corrected chi connectivity index (χ3v) is 8.72. The number of carbonyl (C=O) groups excluding carboxylic acids is 2. The van der Waals surface area contributed by atoms with Crippen molar-refractivity contribution in [2.24, 2.45) is 0 Å². The summed E-state index contributed by atoms with van der Waals surface area (Å²) in [6, 6.07) is 9.82. The smallest absolute Gasteiger partial charge is 0.346 e. The van der Waals surface area contributed by atoms with Gasteiger partial charge >= 0.3 is 6.18 Å². The van der Waals surface area contributed by atoms with Gasteiger partial charge in [-0.15, -0.1) is 0 Å². The van der Waals surface area contributed by atoms with Gasteiger partial charge in [0.2, 0.25) is 5.91 Å². The number of alkyl halides is 4. The van der Waals surface area contributed by atoms with Crippen molar-refractivity contribution in [3.05, 3.63) is 100 Å². The van der Waals surface area contributed by atoms with Crippen LogP contribution in [0.4, 0.5) is 22.0 Å². The minimum atomic E-state index is -4.68. The summed E-state index contributed by atoms with van der Waals surface area (Å²) in [7, 11) is 0. The van der Waals surface area contributed by atoms with Crippen molar-refractivity contribution < 1.29 is 31.5 Å². The first-order chi connectivity index (χ1) is 20.5. The van der Waals surface area contributed by atoms with Gasteiger partial charge in [0.05, 0.1) is 24.2 Å². The van der Waals surface area contributed by atoms with Gasteiger partial charge in [-0.05, 0) is 85.0 Å². The summed E-state index contributed by atoms with van der Waals surface area (Å²) in [5.74, 6) is -3.39. The fourth-order valence-electron chi connectivity index (χ4n) is 6.97. The van der Waals surface area contributed by atoms with Crippen LogP contribution in [0.15, 0.2) is 72.0 Å². The summed E-state index contributed by atoms with van der Waals surface area (Å²) < 4.78 is 72.3. The second kappa shape index (κ2) is 11.0. The van der Waals surface area contributed by atoms with Crippen LogP contribution in [-0.2, 0) is 11.3 Å². The molecule has 10 heteroatoms. The number of halogens is 5. The number of benzene rings is 2. The predicted octanol–water partition coefficient (Wildman–Crippen LogP) is 6.44. The first kappa shape index (κ1) is 29.3. The monoisotopic (exact) mass is 597 g/mol. The number of hydrogen-bond donors (Lipinski definition) is 1. The van der Waals surface area contributed by atoms with E-state index in [9.17, 15) is 27.2 Å². The van der Waals surface area contributed by atoms with Crippen molar-refractivity contribution in [1.82, 2.24) is 15.1 Å². The summed E-state index contributed by atoms with van der Waals surface area (Å²) in [5, 5.41) is 1.98. The first-order valence-electron chi connectivity index (χ1n) is 14.6. The quantitative estimate of drug-likeness (QED) is 0.308. The largest absolute Gasteiger partial charge is 0.405 e. The number of allylic oxidation sites excluding steroid dienone is 2. The zero-order valence-corrected chi connectivity index (χ0v) is 23.7. The Morgan fingerprint density at radius 1 is 1.09 bits per heavy atom. The number of amides is 2. The maximum atomic E-state index is 17.8. The fraction of sp³-hybridized carbons (Fsp3) is 0.394. The number of carbonyl (C=O) groups is 2. The number of nitrogens with zero attached hydrogens (tertiary/aromatic N) is 2. The van der Waals surface area contributed by atoms with Crippen molar-refractivity contribution in [2.45, 2.75) is 63.0 Å². The molecule has 226 valence electrons. The lowest BCUT2D eigenvalue weighted by molar-refractivity contribution is -0.138. The van der Waals surface area contributed by atoms with Gasteiger partial charge in [-0.3, -0.25) is 14.5 Å². The second-order valence-electron chi connectivity index (χ2n) is 11.5. The molecule has 3 atom stereocenters. The Morgan fingerprint density at radius 2 is 1.84 bits per heavy atom. The molecule has 1 fully saturated rings. The maximum Gasteiger partial charge on any atom is 0.405 e. The summed E-state index contributed by atoms with van der Waals surface area (Å²) in [6.45, 7) is 1.47. The van der Waals surface area contributed by atoms with Gasteiger partial charge in [-0.1, -0.05) is 43.7 Å². The van der Waals surface area contributed by atoms with E-state index in [1.165, 1.54) is 29.2 Å². The second-order valence-corrected chi connectivity index (χ2v) is 11.5. The molecule has 1 N–H and O–H groups in total. The summed E-state index contributed by atoms with van der Waals surface area (Å²) >= 11 is 0. The van der Waals surface area contributed by atoms with Crippen LogP contribution in [0.5, 0.6) is 0 Å². The molecule has 2 amide bonds. The molecular weight excluding hydrogens is 565 g/mol. The molecule has 2 aromatic carbocycles. The molecule has 43 heavy (non-hydrogen) atoms. The maximum absolute atomic E-state index is 17.8. The van der Waals surface area contributed by atoms with Gasteiger partial charge in [0.25, 0.3) is 5.91 Å². The number of rotatable bonds is 6. The normalized spacial score (nSPS) is 25.6. The molecule has 0 saturated carbocycles. The molecule has 0 bridgehead atoms. The Balaban J connectivity index is 1.59. The Bertz CT molecular complexity index is 1560. The molecule has 6 rings (SSSR count). The molecule has 2 aromatic rings. The summed E-state index contributed by atoms with van der Waals surface area (Å²) in [6.07, 6.45) is 2.89. The van der Waals surface area contributed by atoms with E-state index in [2.05, 4.69) is 0 Å². The van der Waals surface area contributed by atoms with Gasteiger partial charge in [0, 0.05) is 11.1 Å². The van der Waals surface area contributed by atoms with Crippen LogP contribution in [0.2, 0.25) is 0 Å². The third kappa shape index (κ3) is 5.19. The highest BCUT2D eigenvalue weighted by Crippen LogP contribution is 2.55. The highest BCUT2D eigenvalue weighted by atomic mass is 19.4. The van der Waals surface area contributed by atoms with Crippen LogP contribution in [0.25, 0.3) is 5.57 Å². The van der Waals surface area contributed by atoms with Gasteiger partial charge in [0.1, 0.15) is 12.4 Å². The lowest BCUT2D eigenvalue weighted by Crippen LogP contribution is -2.55. The van der Waals surface area contributed by atoms with Gasteiger partial charge in [-0.25, -0.2) is 8.78 Å². The molecule has 0 radical (unpaired) electrons. The average molecular weight is 598 g/mol. The van der Waals surface area contributed by atoms with Crippen LogP contribution in [-0.4, -0.2) is 59.1 Å². The lowest BCUT2D eigenvalue weighted by Gasteiger charge is -2.46. The topological polar surface area (TPSA) is 52.7 Å². The number of likely N-dealkylation sites (tertiary alicyclic amines) is 1. The van der Waals surface area contributed by atoms with Crippen LogP contribution < -0.4 is 5.32 Å². The standard InChI is InChI=1S/C33H32F5N3O2/c1-2-3-13-32(35)17-25(41-18-20-9-5-6-10-22(20)31(41)43)26-23-12-11-21(34)16-24(23)27(30(42)39-19-33(36,37)38)28(26)29(32)40-14-7-4-8-15-40/h3,5-6,9-13,16-17,27,29H,2,4,7-8,14-15,18-19H2,1H3,(H,39,42). The van der Waals surface area contributed by atoms with E-state index in [0.29, 0.717) is 36.2 Å². The van der Waals surface area contributed by atoms with E-state index in [-0.39, 0.29) is 29.3 Å². The highest BCUT2D eigenvalue weighted by molar-refractivity contribution is 6.06. The third-order valence-electron chi connectivity index (χ3n) is 8.72. The number of nitrogens with one attached hydrogen (secondary N) is 1. The zero-order chi connectivity index (χ0) is 30.5. The van der Waals surface area contributed by atoms with Crippen molar-refractivity contribution in [3.8, 4) is 0 Å². The Hall–Kier alpha value is -3.79. The summed E-state index contributed by atoms with van der Waals surface area (Å²) in [5.41, 5.74) is 0.454. The van der Waals surface area contributed by atoms with Crippen molar-refractivity contribution >= 4 is 17.4 Å². The molecule has 2 aliphatic carbocycles. The van der Waals surface area contributed by atoms with Crippen LogP contribution >= 0.6 is 0 Å². The number of fused-ring (bicyclic) bond motifs is 3. The van der Waals surface area contributed by atoms with Gasteiger partial charge in [-0.2, -0.15) is 13.2 Å². The number of piperidine rings is 1. The summed E-state index contributed by atoms with van der Waals surface area (Å²) in [4.78, 5) is 30.9. The van der Waals surface area contributed by atoms with E-state index in [1.807, 2.05) is 23.2 Å². The van der Waals surface area contributed by atoms with E-state index >= 15 is 4.39 Å². The Kier molecular flexibility index (Phi) is 7.52. The SMILES string of the molecule is CCC=CC1(F)C=C(N2Cc3ccccc3C2=O)C2=C(C(C(=O)NCC(F)(F)F)c3cc(F)ccc32)C1N1CCCCC1. The van der Waals surface area contributed by atoms with Crippen molar-refractivity contribution in [2.75, 3.05) is 19.6 Å². The molecular formula is C33H32F5N3O2. The molecule has 5 nitrogen and oxygen atoms in total. The molecule has 2 heterocycles. The minimum absolute atomic E-state index is 0.154. The minimum Gasteiger partial charge on any atom is -0.346 e. The number of hydrogen-bond acceptors (Lipinski definition) is 3. The molecule has 1 saturated heterocycles. The van der Waals surface area contributed by atoms with Crippen LogP contribution in [0, 0.1) is 5.82 Å². The van der Waals surface area contributed by atoms with Crippen molar-refractivity contribution in [3.63, 3.8) is 0 Å². The van der Waals surface area contributed by atoms with E-state index in [4.69, 9.17) is 0 Å². The zero-order valence-electron chi connectivity index (χ0n) is 23.7. The first-order valence-corrected chi connectivity index (χ1v) is 14.6. The fourth-order valence-corrected chi connectivity index (χ4v) is 6.97. The molecule has 3 unspecified atom stereocenters. The van der Waals surface area contributed by atoms with Crippen LogP contribution in [0.3, 0.4) is 0 Å².